The monoisotopic (exact) mass is 334 g/mol. The van der Waals surface area contributed by atoms with Crippen LogP contribution in [0.5, 0.6) is 0 Å². The molecule has 0 aliphatic heterocycles. The Balaban J connectivity index is 1.89. The van der Waals surface area contributed by atoms with E-state index in [9.17, 15) is 9.50 Å². The number of halogens is 2. The first-order valence-corrected chi connectivity index (χ1v) is 7.67. The van der Waals surface area contributed by atoms with E-state index >= 15 is 0 Å². The molecule has 20 heavy (non-hydrogen) atoms. The van der Waals surface area contributed by atoms with E-state index < -0.39 is 6.10 Å². The highest BCUT2D eigenvalue weighted by atomic mass is 79.9. The van der Waals surface area contributed by atoms with E-state index in [0.29, 0.717) is 16.0 Å². The molecule has 104 valence electrons. The van der Waals surface area contributed by atoms with Crippen LogP contribution in [0.1, 0.15) is 48.0 Å². The van der Waals surface area contributed by atoms with Gasteiger partial charge in [-0.15, -0.1) is 0 Å². The van der Waals surface area contributed by atoms with E-state index in [1.165, 1.54) is 30.9 Å². The Morgan fingerprint density at radius 2 is 1.85 bits per heavy atom. The van der Waals surface area contributed by atoms with Crippen LogP contribution in [0, 0.1) is 5.82 Å². The molecular weight excluding hydrogens is 319 g/mol. The first kappa shape index (κ1) is 13.8. The average Bonchev–Trinajstić information content (AvgIpc) is 2.39. The van der Waals surface area contributed by atoms with Crippen LogP contribution >= 0.6 is 15.9 Å². The van der Waals surface area contributed by atoms with Crippen LogP contribution in [0.25, 0.3) is 0 Å². The van der Waals surface area contributed by atoms with Crippen LogP contribution in [0.4, 0.5) is 4.39 Å². The zero-order valence-corrected chi connectivity index (χ0v) is 12.6. The van der Waals surface area contributed by atoms with Gasteiger partial charge in [-0.1, -0.05) is 36.8 Å². The summed E-state index contributed by atoms with van der Waals surface area (Å²) >= 11 is 3.13. The molecule has 0 bridgehead atoms. The van der Waals surface area contributed by atoms with Crippen LogP contribution in [0.15, 0.2) is 46.9 Å². The standard InChI is InChI=1S/C17H16BrFO/c18-15-8-7-14(10-16(15)19)17(20)13-6-2-5-12(9-13)11-3-1-4-11/h2,5-11,17,20H,1,3-4H2. The van der Waals surface area contributed by atoms with Crippen molar-refractivity contribution in [2.24, 2.45) is 0 Å². The lowest BCUT2D eigenvalue weighted by atomic mass is 9.79. The van der Waals surface area contributed by atoms with Crippen LogP contribution in [0.2, 0.25) is 0 Å². The zero-order valence-electron chi connectivity index (χ0n) is 11.0. The van der Waals surface area contributed by atoms with Gasteiger partial charge in [0, 0.05) is 0 Å². The number of rotatable bonds is 3. The molecular formula is C17H16BrFO. The number of hydrogen-bond acceptors (Lipinski definition) is 1. The molecule has 0 heterocycles. The summed E-state index contributed by atoms with van der Waals surface area (Å²) in [6.45, 7) is 0. The van der Waals surface area contributed by atoms with Gasteiger partial charge in [-0.2, -0.15) is 0 Å². The fourth-order valence-corrected chi connectivity index (χ4v) is 2.85. The van der Waals surface area contributed by atoms with E-state index in [4.69, 9.17) is 0 Å². The molecule has 0 aromatic heterocycles. The van der Waals surface area contributed by atoms with E-state index in [1.54, 1.807) is 12.1 Å². The van der Waals surface area contributed by atoms with Gasteiger partial charge < -0.3 is 5.11 Å². The predicted molar refractivity (Wildman–Crippen MR) is 81.2 cm³/mol. The minimum Gasteiger partial charge on any atom is -0.384 e. The Morgan fingerprint density at radius 1 is 1.10 bits per heavy atom. The lowest BCUT2D eigenvalue weighted by molar-refractivity contribution is 0.219. The normalized spacial score (nSPS) is 16.8. The van der Waals surface area contributed by atoms with E-state index in [2.05, 4.69) is 28.1 Å². The summed E-state index contributed by atoms with van der Waals surface area (Å²) < 4.78 is 14.0. The predicted octanol–water partition coefficient (Wildman–Crippen LogP) is 4.94. The number of aliphatic hydroxyl groups excluding tert-OH is 1. The van der Waals surface area contributed by atoms with Crippen molar-refractivity contribution in [2.45, 2.75) is 31.3 Å². The third-order valence-electron chi connectivity index (χ3n) is 4.06. The Labute approximate surface area is 126 Å². The average molecular weight is 335 g/mol. The largest absolute Gasteiger partial charge is 0.384 e. The second kappa shape index (κ2) is 5.66. The van der Waals surface area contributed by atoms with Crippen LogP contribution in [-0.2, 0) is 0 Å². The first-order chi connectivity index (χ1) is 9.65. The highest BCUT2D eigenvalue weighted by Crippen LogP contribution is 2.37. The SMILES string of the molecule is OC(c1cccc(C2CCC2)c1)c1ccc(Br)c(F)c1. The second-order valence-corrected chi connectivity index (χ2v) is 6.23. The second-order valence-electron chi connectivity index (χ2n) is 5.37. The third-order valence-corrected chi connectivity index (χ3v) is 4.71. The van der Waals surface area contributed by atoms with Gasteiger partial charge in [0.2, 0.25) is 0 Å². The van der Waals surface area contributed by atoms with Crippen LogP contribution in [-0.4, -0.2) is 5.11 Å². The molecule has 0 spiro atoms. The lowest BCUT2D eigenvalue weighted by Gasteiger charge is -2.26. The van der Waals surface area contributed by atoms with Gasteiger partial charge in [-0.05, 0) is 63.5 Å². The molecule has 2 aromatic rings. The fraction of sp³-hybridized carbons (Fsp3) is 0.294. The first-order valence-electron chi connectivity index (χ1n) is 6.88. The Hall–Kier alpha value is -1.19. The smallest absolute Gasteiger partial charge is 0.137 e. The van der Waals surface area contributed by atoms with Crippen molar-refractivity contribution in [3.63, 3.8) is 0 Å². The summed E-state index contributed by atoms with van der Waals surface area (Å²) in [7, 11) is 0. The molecule has 3 heteroatoms. The van der Waals surface area contributed by atoms with Gasteiger partial charge in [0.25, 0.3) is 0 Å². The van der Waals surface area contributed by atoms with Gasteiger partial charge in [0.15, 0.2) is 0 Å². The fourth-order valence-electron chi connectivity index (χ4n) is 2.60. The summed E-state index contributed by atoms with van der Waals surface area (Å²) in [5, 5.41) is 10.4. The summed E-state index contributed by atoms with van der Waals surface area (Å²) in [6.07, 6.45) is 2.96. The van der Waals surface area contributed by atoms with Crippen LogP contribution < -0.4 is 0 Å². The van der Waals surface area contributed by atoms with Gasteiger partial charge in [-0.25, -0.2) is 4.39 Å². The molecule has 1 aliphatic carbocycles. The zero-order chi connectivity index (χ0) is 14.1. The maximum Gasteiger partial charge on any atom is 0.137 e. The van der Waals surface area contributed by atoms with Crippen molar-refractivity contribution >= 4 is 15.9 Å². The molecule has 1 aliphatic rings. The molecule has 0 saturated heterocycles. The molecule has 3 rings (SSSR count). The molecule has 1 unspecified atom stereocenters. The molecule has 0 radical (unpaired) electrons. The maximum atomic E-state index is 13.6. The summed E-state index contributed by atoms with van der Waals surface area (Å²) in [5.74, 6) is 0.278. The molecule has 0 amide bonds. The molecule has 1 saturated carbocycles. The third kappa shape index (κ3) is 2.65. The number of benzene rings is 2. The molecule has 2 aromatic carbocycles. The Kier molecular flexibility index (Phi) is 3.90. The van der Waals surface area contributed by atoms with Crippen molar-refractivity contribution in [3.05, 3.63) is 69.4 Å². The van der Waals surface area contributed by atoms with E-state index in [-0.39, 0.29) is 5.82 Å². The van der Waals surface area contributed by atoms with Crippen molar-refractivity contribution in [1.29, 1.82) is 0 Å². The Bertz CT molecular complexity index is 622. The quantitative estimate of drug-likeness (QED) is 0.843. The highest BCUT2D eigenvalue weighted by Gasteiger charge is 2.20. The summed E-state index contributed by atoms with van der Waals surface area (Å²) in [6, 6.07) is 12.8. The number of aliphatic hydroxyl groups is 1. The van der Waals surface area contributed by atoms with Crippen LogP contribution in [0.3, 0.4) is 0 Å². The molecule has 1 N–H and O–H groups in total. The van der Waals surface area contributed by atoms with Crippen molar-refractivity contribution in [1.82, 2.24) is 0 Å². The molecule has 1 nitrogen and oxygen atoms in total. The number of hydrogen-bond donors (Lipinski definition) is 1. The van der Waals surface area contributed by atoms with Gasteiger partial charge in [-0.3, -0.25) is 0 Å². The summed E-state index contributed by atoms with van der Waals surface area (Å²) in [4.78, 5) is 0. The minimum atomic E-state index is -0.780. The molecule has 1 atom stereocenters. The Morgan fingerprint density at radius 3 is 2.50 bits per heavy atom. The minimum absolute atomic E-state index is 0.350. The van der Waals surface area contributed by atoms with Gasteiger partial charge >= 0.3 is 0 Å². The van der Waals surface area contributed by atoms with Crippen molar-refractivity contribution < 1.29 is 9.50 Å². The molecule has 1 fully saturated rings. The topological polar surface area (TPSA) is 20.2 Å². The van der Waals surface area contributed by atoms with E-state index in [0.717, 1.165) is 5.56 Å². The summed E-state index contributed by atoms with van der Waals surface area (Å²) in [5.41, 5.74) is 2.69. The van der Waals surface area contributed by atoms with Gasteiger partial charge in [0.05, 0.1) is 4.47 Å². The highest BCUT2D eigenvalue weighted by molar-refractivity contribution is 9.10. The lowest BCUT2D eigenvalue weighted by Crippen LogP contribution is -2.09. The maximum absolute atomic E-state index is 13.6. The van der Waals surface area contributed by atoms with Gasteiger partial charge in [0.1, 0.15) is 11.9 Å². The van der Waals surface area contributed by atoms with Crippen molar-refractivity contribution in [2.75, 3.05) is 0 Å². The van der Waals surface area contributed by atoms with Crippen molar-refractivity contribution in [3.8, 4) is 0 Å². The van der Waals surface area contributed by atoms with E-state index in [1.807, 2.05) is 12.1 Å².